The largest absolute Gasteiger partial charge is 0.368 e. The van der Waals surface area contributed by atoms with Crippen LogP contribution in [0.5, 0.6) is 0 Å². The molecule has 2 N–H and O–H groups in total. The third kappa shape index (κ3) is 10.4. The van der Waals surface area contributed by atoms with Crippen LogP contribution in [0.4, 0.5) is 0 Å². The number of aromatic nitrogens is 5. The van der Waals surface area contributed by atoms with Gasteiger partial charge in [0.05, 0.1) is 6.20 Å². The van der Waals surface area contributed by atoms with Gasteiger partial charge in [-0.1, -0.05) is 11.3 Å². The van der Waals surface area contributed by atoms with Gasteiger partial charge in [-0.2, -0.15) is 0 Å². The van der Waals surface area contributed by atoms with Crippen molar-refractivity contribution in [1.82, 2.24) is 25.4 Å². The molecule has 0 aliphatic carbocycles. The molecule has 3 aromatic heterocycles. The molecule has 0 amide bonds. The number of H-pyrrole nitrogens is 2. The maximum absolute atomic E-state index is 3.78. The number of hydrogen-bond acceptors (Lipinski definition) is 3. The average Bonchev–Trinajstić information content (AvgIpc) is 3.10. The molecule has 3 heterocycles. The van der Waals surface area contributed by atoms with E-state index in [0.717, 1.165) is 0 Å². The average molecular weight is 279 g/mol. The van der Waals surface area contributed by atoms with Crippen LogP contribution < -0.4 is 0 Å². The van der Waals surface area contributed by atoms with E-state index in [4.69, 9.17) is 0 Å². The Morgan fingerprint density at radius 1 is 0.706 bits per heavy atom. The predicted octanol–water partition coefficient (Wildman–Crippen LogP) is 1.90. The van der Waals surface area contributed by atoms with Crippen LogP contribution >= 0.6 is 0 Å². The number of aromatic amines is 2. The summed E-state index contributed by atoms with van der Waals surface area (Å²) < 4.78 is 0. The zero-order valence-corrected chi connectivity index (χ0v) is 9.94. The van der Waals surface area contributed by atoms with Gasteiger partial charge in [-0.25, -0.2) is 0 Å². The van der Waals surface area contributed by atoms with Gasteiger partial charge in [0.15, 0.2) is 0 Å². The van der Waals surface area contributed by atoms with Gasteiger partial charge in [-0.05, 0) is 24.3 Å². The Balaban J connectivity index is 0.000000221. The first-order chi connectivity index (χ1) is 8.00. The van der Waals surface area contributed by atoms with Gasteiger partial charge in [-0.15, -0.1) is 5.10 Å². The van der Waals surface area contributed by atoms with E-state index in [-0.39, 0.29) is 17.1 Å². The fraction of sp³-hybridized carbons (Fsp3) is 0. The minimum absolute atomic E-state index is 0. The van der Waals surface area contributed by atoms with E-state index < -0.39 is 0 Å². The van der Waals surface area contributed by atoms with E-state index >= 15 is 0 Å². The van der Waals surface area contributed by atoms with Crippen LogP contribution in [-0.2, 0) is 17.1 Å². The number of rotatable bonds is 0. The minimum Gasteiger partial charge on any atom is -0.368 e. The Labute approximate surface area is 110 Å². The van der Waals surface area contributed by atoms with Crippen LogP contribution in [-0.4, -0.2) is 25.4 Å². The molecule has 0 atom stereocenters. The molecule has 17 heavy (non-hydrogen) atoms. The summed E-state index contributed by atoms with van der Waals surface area (Å²) in [6.07, 6.45) is 10.5. The van der Waals surface area contributed by atoms with Gasteiger partial charge in [0, 0.05) is 48.1 Å². The van der Waals surface area contributed by atoms with Crippen LogP contribution in [0.2, 0.25) is 0 Å². The normalized spacial score (nSPS) is 7.53. The van der Waals surface area contributed by atoms with E-state index in [0.29, 0.717) is 0 Å². The molecule has 0 aliphatic rings. The summed E-state index contributed by atoms with van der Waals surface area (Å²) in [5.41, 5.74) is 0. The molecule has 0 fully saturated rings. The number of nitrogens with one attached hydrogen (secondary N) is 2. The molecule has 3 rings (SSSR count). The van der Waals surface area contributed by atoms with Crippen LogP contribution in [0.15, 0.2) is 67.5 Å². The summed E-state index contributed by atoms with van der Waals surface area (Å²) in [5, 5.41) is 9.26. The van der Waals surface area contributed by atoms with Crippen molar-refractivity contribution in [2.24, 2.45) is 0 Å². The van der Waals surface area contributed by atoms with Crippen molar-refractivity contribution in [3.05, 3.63) is 67.5 Å². The summed E-state index contributed by atoms with van der Waals surface area (Å²) in [7, 11) is 0. The van der Waals surface area contributed by atoms with Crippen molar-refractivity contribution in [1.29, 1.82) is 0 Å². The Morgan fingerprint density at radius 3 is 1.59 bits per heavy atom. The molecular formula is C11H13CuN5. The molecule has 5 nitrogen and oxygen atoms in total. The summed E-state index contributed by atoms with van der Waals surface area (Å²) in [6.45, 7) is 0. The van der Waals surface area contributed by atoms with E-state index in [9.17, 15) is 0 Å². The van der Waals surface area contributed by atoms with E-state index in [2.05, 4.69) is 25.4 Å². The summed E-state index contributed by atoms with van der Waals surface area (Å²) in [5.74, 6) is 0. The monoisotopic (exact) mass is 278 g/mol. The second-order valence-corrected chi connectivity index (χ2v) is 2.57. The van der Waals surface area contributed by atoms with Crippen molar-refractivity contribution in [2.45, 2.75) is 0 Å². The molecule has 0 spiro atoms. The van der Waals surface area contributed by atoms with Crippen LogP contribution in [0, 0.1) is 0 Å². The van der Waals surface area contributed by atoms with Gasteiger partial charge < -0.3 is 4.98 Å². The fourth-order valence-corrected chi connectivity index (χ4v) is 0.757. The van der Waals surface area contributed by atoms with Crippen LogP contribution in [0.1, 0.15) is 0 Å². The molecule has 0 saturated heterocycles. The van der Waals surface area contributed by atoms with Crippen LogP contribution in [0.25, 0.3) is 0 Å². The second-order valence-electron chi connectivity index (χ2n) is 2.57. The number of hydrogen-bond donors (Lipinski definition) is 2. The van der Waals surface area contributed by atoms with E-state index in [1.165, 1.54) is 0 Å². The maximum Gasteiger partial charge on any atom is 0.0690 e. The molecule has 0 bridgehead atoms. The van der Waals surface area contributed by atoms with E-state index in [1.807, 2.05) is 42.7 Å². The SMILES string of the molecule is [Cu].c1c[nH]nn1.c1cc[nH]c1.c1ccncc1. The quantitative estimate of drug-likeness (QED) is 0.617. The molecule has 0 aromatic carbocycles. The molecule has 0 aliphatic heterocycles. The van der Waals surface area contributed by atoms with Gasteiger partial charge in [0.25, 0.3) is 0 Å². The Hall–Kier alpha value is -1.91. The molecule has 6 heteroatoms. The minimum atomic E-state index is 0. The third-order valence-electron chi connectivity index (χ3n) is 1.39. The Morgan fingerprint density at radius 2 is 1.41 bits per heavy atom. The molecule has 93 valence electrons. The van der Waals surface area contributed by atoms with Crippen molar-refractivity contribution in [2.75, 3.05) is 0 Å². The smallest absolute Gasteiger partial charge is 0.0690 e. The predicted molar refractivity (Wildman–Crippen MR) is 61.4 cm³/mol. The zero-order chi connectivity index (χ0) is 11.3. The van der Waals surface area contributed by atoms with Crippen molar-refractivity contribution in [3.8, 4) is 0 Å². The topological polar surface area (TPSA) is 70.2 Å². The molecular weight excluding hydrogens is 266 g/mol. The first kappa shape index (κ1) is 15.1. The summed E-state index contributed by atoms with van der Waals surface area (Å²) in [6, 6.07) is 9.60. The van der Waals surface area contributed by atoms with E-state index in [1.54, 1.807) is 24.8 Å². The van der Waals surface area contributed by atoms with Gasteiger partial charge in [0.2, 0.25) is 0 Å². The zero-order valence-electron chi connectivity index (χ0n) is 8.99. The molecule has 0 unspecified atom stereocenters. The van der Waals surface area contributed by atoms with Gasteiger partial charge in [-0.3, -0.25) is 10.1 Å². The third-order valence-corrected chi connectivity index (χ3v) is 1.39. The van der Waals surface area contributed by atoms with Gasteiger partial charge in [0.1, 0.15) is 0 Å². The maximum atomic E-state index is 3.78. The second kappa shape index (κ2) is 12.2. The van der Waals surface area contributed by atoms with Gasteiger partial charge >= 0.3 is 0 Å². The fourth-order valence-electron chi connectivity index (χ4n) is 0.757. The first-order valence-electron chi connectivity index (χ1n) is 4.73. The number of pyridine rings is 1. The van der Waals surface area contributed by atoms with Crippen LogP contribution in [0.3, 0.4) is 0 Å². The molecule has 0 saturated carbocycles. The molecule has 1 radical (unpaired) electrons. The standard InChI is InChI=1S/C5H5N.C4H5N.C2H3N3.Cu/c1-2-4-6-5-3-1;2*1-2-4-5-3-1;/h1-5H;1-5H;1-2H,(H,3,4,5);. The van der Waals surface area contributed by atoms with Crippen molar-refractivity contribution in [3.63, 3.8) is 0 Å². The Bertz CT molecular complexity index is 311. The Kier molecular flexibility index (Phi) is 10.8. The first-order valence-corrected chi connectivity index (χ1v) is 4.73. The molecule has 3 aromatic rings. The number of nitrogens with zero attached hydrogens (tertiary/aromatic N) is 3. The van der Waals surface area contributed by atoms with Crippen molar-refractivity contribution < 1.29 is 17.1 Å². The van der Waals surface area contributed by atoms with Crippen molar-refractivity contribution >= 4 is 0 Å². The summed E-state index contributed by atoms with van der Waals surface area (Å²) in [4.78, 5) is 6.65. The summed E-state index contributed by atoms with van der Waals surface area (Å²) >= 11 is 0.